The van der Waals surface area contributed by atoms with Gasteiger partial charge in [0.05, 0.1) is 21.5 Å². The van der Waals surface area contributed by atoms with E-state index in [-0.39, 0.29) is 5.91 Å². The molecule has 2 aromatic rings. The first-order valence-electron chi connectivity index (χ1n) is 7.98. The van der Waals surface area contributed by atoms with Crippen LogP contribution in [0, 0.1) is 0 Å². The van der Waals surface area contributed by atoms with Crippen molar-refractivity contribution in [2.75, 3.05) is 11.9 Å². The molecule has 0 aromatic heterocycles. The van der Waals surface area contributed by atoms with Crippen molar-refractivity contribution in [3.05, 3.63) is 52.0 Å². The minimum absolute atomic E-state index is 0.0566. The number of rotatable bonds is 7. The Hall–Kier alpha value is -1.89. The maximum absolute atomic E-state index is 11.3. The predicted molar refractivity (Wildman–Crippen MR) is 105 cm³/mol. The van der Waals surface area contributed by atoms with Crippen LogP contribution < -0.4 is 10.1 Å². The summed E-state index contributed by atoms with van der Waals surface area (Å²) in [6.07, 6.45) is 3.50. The number of halogens is 2. The van der Waals surface area contributed by atoms with Gasteiger partial charge in [-0.05, 0) is 48.4 Å². The van der Waals surface area contributed by atoms with Gasteiger partial charge in [0.15, 0.2) is 0 Å². The lowest BCUT2D eigenvalue weighted by molar-refractivity contribution is -0.116. The molecule has 0 bridgehead atoms. The molecule has 1 N–H and O–H groups in total. The number of nitrogens with zero attached hydrogens (tertiary/aromatic N) is 1. The average Bonchev–Trinajstić information content (AvgIpc) is 2.64. The van der Waals surface area contributed by atoms with Gasteiger partial charge in [0, 0.05) is 24.7 Å². The van der Waals surface area contributed by atoms with Gasteiger partial charge in [0.25, 0.3) is 0 Å². The van der Waals surface area contributed by atoms with Crippen LogP contribution in [0.5, 0.6) is 5.75 Å². The molecule has 5 nitrogen and oxygen atoms in total. The lowest BCUT2D eigenvalue weighted by atomic mass is 10.0. The highest BCUT2D eigenvalue weighted by molar-refractivity contribution is 7.94. The molecule has 1 aliphatic heterocycles. The quantitative estimate of drug-likeness (QED) is 0.289. The van der Waals surface area contributed by atoms with Crippen LogP contribution in [-0.4, -0.2) is 18.7 Å². The van der Waals surface area contributed by atoms with Crippen LogP contribution in [0.1, 0.15) is 18.4 Å². The van der Waals surface area contributed by atoms with Crippen LogP contribution in [0.25, 0.3) is 0 Å². The number of ether oxygens (including phenoxy) is 1. The van der Waals surface area contributed by atoms with E-state index in [0.717, 1.165) is 40.4 Å². The molecule has 1 aliphatic rings. The third kappa shape index (κ3) is 5.30. The minimum atomic E-state index is 0.0566. The predicted octanol–water partition coefficient (Wildman–Crippen LogP) is 5.36. The molecule has 0 spiro atoms. The number of carbonyl (C=O) groups is 1. The fourth-order valence-corrected chi connectivity index (χ4v) is 3.20. The van der Waals surface area contributed by atoms with Crippen LogP contribution in [0.3, 0.4) is 0 Å². The van der Waals surface area contributed by atoms with E-state index < -0.39 is 0 Å². The molecule has 136 valence electrons. The fraction of sp³-hybridized carbons (Fsp3) is 0.222. The first-order chi connectivity index (χ1) is 12.6. The average molecular weight is 411 g/mol. The van der Waals surface area contributed by atoms with Crippen molar-refractivity contribution in [3.63, 3.8) is 0 Å². The van der Waals surface area contributed by atoms with E-state index in [2.05, 4.69) is 10.5 Å². The molecule has 0 unspecified atom stereocenters. The molecule has 1 heterocycles. The van der Waals surface area contributed by atoms with E-state index in [0.29, 0.717) is 29.5 Å². The minimum Gasteiger partial charge on any atom is -0.493 e. The maximum Gasteiger partial charge on any atom is 0.224 e. The van der Waals surface area contributed by atoms with E-state index in [1.807, 2.05) is 18.2 Å². The SMILES string of the molecule is O=C1CCc2cc(OCCC=NOSc3ccc(Cl)c(Cl)c3)ccc2N1. The van der Waals surface area contributed by atoms with Gasteiger partial charge < -0.3 is 14.3 Å². The lowest BCUT2D eigenvalue weighted by Crippen LogP contribution is -2.18. The highest BCUT2D eigenvalue weighted by Gasteiger charge is 2.14. The first-order valence-corrected chi connectivity index (χ1v) is 9.48. The molecule has 0 radical (unpaired) electrons. The normalized spacial score (nSPS) is 13.4. The Labute approximate surface area is 165 Å². The third-order valence-electron chi connectivity index (χ3n) is 3.63. The molecule has 0 atom stereocenters. The van der Waals surface area contributed by atoms with Gasteiger partial charge in [0.2, 0.25) is 5.91 Å². The number of fused-ring (bicyclic) bond motifs is 1. The van der Waals surface area contributed by atoms with Crippen LogP contribution in [0.4, 0.5) is 5.69 Å². The molecule has 8 heteroatoms. The number of anilines is 1. The fourth-order valence-electron chi connectivity index (χ4n) is 2.36. The summed E-state index contributed by atoms with van der Waals surface area (Å²) in [7, 11) is 0. The van der Waals surface area contributed by atoms with Crippen molar-refractivity contribution in [1.82, 2.24) is 0 Å². The van der Waals surface area contributed by atoms with Crippen LogP contribution >= 0.6 is 35.2 Å². The van der Waals surface area contributed by atoms with E-state index in [1.54, 1.807) is 24.4 Å². The number of oxime groups is 1. The summed E-state index contributed by atoms with van der Waals surface area (Å²) in [5.74, 6) is 0.834. The second kappa shape index (κ2) is 9.16. The number of benzene rings is 2. The second-order valence-corrected chi connectivity index (χ2v) is 7.13. The third-order valence-corrected chi connectivity index (χ3v) is 4.98. The van der Waals surface area contributed by atoms with Gasteiger partial charge in [-0.1, -0.05) is 28.4 Å². The van der Waals surface area contributed by atoms with Crippen molar-refractivity contribution in [2.45, 2.75) is 24.2 Å². The maximum atomic E-state index is 11.3. The van der Waals surface area contributed by atoms with Gasteiger partial charge in [-0.25, -0.2) is 0 Å². The summed E-state index contributed by atoms with van der Waals surface area (Å²) in [4.78, 5) is 12.2. The largest absolute Gasteiger partial charge is 0.493 e. The molecular weight excluding hydrogens is 395 g/mol. The van der Waals surface area contributed by atoms with Crippen LogP contribution in [0.15, 0.2) is 46.4 Å². The van der Waals surface area contributed by atoms with Crippen molar-refractivity contribution in [1.29, 1.82) is 0 Å². The highest BCUT2D eigenvalue weighted by Crippen LogP contribution is 2.28. The Balaban J connectivity index is 1.38. The topological polar surface area (TPSA) is 59.9 Å². The van der Waals surface area contributed by atoms with Crippen molar-refractivity contribution in [3.8, 4) is 5.75 Å². The van der Waals surface area contributed by atoms with E-state index >= 15 is 0 Å². The first kappa shape index (κ1) is 18.9. The highest BCUT2D eigenvalue weighted by atomic mass is 35.5. The monoisotopic (exact) mass is 410 g/mol. The molecule has 0 aliphatic carbocycles. The van der Waals surface area contributed by atoms with Gasteiger partial charge in [-0.2, -0.15) is 0 Å². The molecular formula is C18H16Cl2N2O3S. The zero-order valence-electron chi connectivity index (χ0n) is 13.7. The Kier molecular flexibility index (Phi) is 6.66. The summed E-state index contributed by atoms with van der Waals surface area (Å²) >= 11 is 12.9. The Bertz CT molecular complexity index is 830. The number of hydrogen-bond acceptors (Lipinski definition) is 5. The summed E-state index contributed by atoms with van der Waals surface area (Å²) in [6, 6.07) is 10.9. The van der Waals surface area contributed by atoms with Gasteiger partial charge in [-0.15, -0.1) is 0 Å². The Morgan fingerprint density at radius 3 is 2.88 bits per heavy atom. The number of hydrogen-bond donors (Lipinski definition) is 1. The molecule has 2 aromatic carbocycles. The number of nitrogens with one attached hydrogen (secondary N) is 1. The number of carbonyl (C=O) groups excluding carboxylic acids is 1. The van der Waals surface area contributed by atoms with Crippen molar-refractivity contribution < 1.29 is 13.8 Å². The molecule has 1 amide bonds. The summed E-state index contributed by atoms with van der Waals surface area (Å²) in [5, 5.41) is 7.69. The smallest absolute Gasteiger partial charge is 0.224 e. The van der Waals surface area contributed by atoms with Gasteiger partial charge in [-0.3, -0.25) is 4.79 Å². The molecule has 3 rings (SSSR count). The number of aryl methyl sites for hydroxylation is 1. The van der Waals surface area contributed by atoms with E-state index in [9.17, 15) is 4.79 Å². The van der Waals surface area contributed by atoms with Gasteiger partial charge in [0.1, 0.15) is 17.8 Å². The number of amides is 1. The van der Waals surface area contributed by atoms with Gasteiger partial charge >= 0.3 is 0 Å². The van der Waals surface area contributed by atoms with Crippen LogP contribution in [-0.2, 0) is 15.5 Å². The molecule has 0 saturated carbocycles. The summed E-state index contributed by atoms with van der Waals surface area (Å²) in [6.45, 7) is 0.482. The zero-order valence-corrected chi connectivity index (χ0v) is 16.0. The zero-order chi connectivity index (χ0) is 18.4. The molecule has 0 saturated heterocycles. The lowest BCUT2D eigenvalue weighted by Gasteiger charge is -2.17. The summed E-state index contributed by atoms with van der Waals surface area (Å²) < 4.78 is 10.8. The molecule has 26 heavy (non-hydrogen) atoms. The van der Waals surface area contributed by atoms with Crippen LogP contribution in [0.2, 0.25) is 10.0 Å². The Morgan fingerprint density at radius 2 is 2.04 bits per heavy atom. The van der Waals surface area contributed by atoms with Crippen molar-refractivity contribution >= 4 is 53.1 Å². The molecule has 0 fully saturated rings. The van der Waals surface area contributed by atoms with Crippen molar-refractivity contribution in [2.24, 2.45) is 5.16 Å². The van der Waals surface area contributed by atoms with E-state index in [1.165, 1.54) is 0 Å². The summed E-state index contributed by atoms with van der Waals surface area (Å²) in [5.41, 5.74) is 1.96. The standard InChI is InChI=1S/C18H16Cl2N2O3S/c19-15-5-4-14(11-16(15)20)26-25-21-8-1-9-24-13-3-6-17-12(10-13)2-7-18(23)22-17/h3-6,8,10-11H,1-2,7,9H2,(H,22,23). The second-order valence-electron chi connectivity index (χ2n) is 5.53. The van der Waals surface area contributed by atoms with E-state index in [4.69, 9.17) is 32.2 Å². The Morgan fingerprint density at radius 1 is 1.15 bits per heavy atom.